The Morgan fingerprint density at radius 1 is 0.400 bits per heavy atom. The first kappa shape index (κ1) is 21.0. The molecule has 0 heterocycles. The molecular weight excluding hydrogens is 398 g/mol. The fourth-order valence-electron chi connectivity index (χ4n) is 3.72. The van der Waals surface area contributed by atoms with Gasteiger partial charge in [-0.1, -0.05) is 102 Å². The first-order valence-electron chi connectivity index (χ1n) is 10.4. The Hall–Kier alpha value is -2.26. The molecule has 0 aliphatic carbocycles. The minimum absolute atomic E-state index is 0.659. The highest BCUT2D eigenvalue weighted by Crippen LogP contribution is 2.28. The van der Waals surface area contributed by atoms with Crippen LogP contribution in [0.2, 0.25) is 0 Å². The van der Waals surface area contributed by atoms with Gasteiger partial charge in [0.15, 0.2) is 0 Å². The van der Waals surface area contributed by atoms with Crippen molar-refractivity contribution in [2.45, 2.75) is 27.7 Å². The molecule has 0 aliphatic rings. The molecule has 0 amide bonds. The summed E-state index contributed by atoms with van der Waals surface area (Å²) in [6.07, 6.45) is 0. The summed E-state index contributed by atoms with van der Waals surface area (Å²) in [6, 6.07) is 31.2. The van der Waals surface area contributed by atoms with Gasteiger partial charge in [0.2, 0.25) is 0 Å². The van der Waals surface area contributed by atoms with Crippen LogP contribution in [0.5, 0.6) is 0 Å². The highest BCUT2D eigenvalue weighted by atomic mass is 31.1. The summed E-state index contributed by atoms with van der Waals surface area (Å²) in [4.78, 5) is 0. The van der Waals surface area contributed by atoms with Crippen molar-refractivity contribution in [2.24, 2.45) is 0 Å². The third-order valence-electron chi connectivity index (χ3n) is 5.89. The molecule has 2 heteroatoms. The number of rotatable bonds is 5. The molecule has 0 saturated heterocycles. The molecule has 0 aromatic heterocycles. The van der Waals surface area contributed by atoms with E-state index in [0.717, 1.165) is 0 Å². The van der Waals surface area contributed by atoms with Crippen LogP contribution in [0, 0.1) is 27.7 Å². The van der Waals surface area contributed by atoms with Crippen LogP contribution in [0.4, 0.5) is 0 Å². The number of benzene rings is 4. The second-order valence-corrected chi connectivity index (χ2v) is 10.5. The molecule has 0 radical (unpaired) electrons. The van der Waals surface area contributed by atoms with Crippen LogP contribution in [-0.2, 0) is 0 Å². The Balaban J connectivity index is 1.76. The van der Waals surface area contributed by atoms with Gasteiger partial charge in [-0.05, 0) is 82.3 Å². The fraction of sp³-hybridized carbons (Fsp3) is 0.143. The van der Waals surface area contributed by atoms with E-state index in [1.54, 1.807) is 0 Å². The minimum Gasteiger partial charge on any atom is -0.0616 e. The van der Waals surface area contributed by atoms with Gasteiger partial charge in [0.25, 0.3) is 0 Å². The molecule has 30 heavy (non-hydrogen) atoms. The van der Waals surface area contributed by atoms with Gasteiger partial charge in [-0.25, -0.2) is 0 Å². The zero-order chi connectivity index (χ0) is 21.1. The average molecular weight is 426 g/mol. The van der Waals surface area contributed by atoms with Crippen LogP contribution >= 0.6 is 17.2 Å². The SMILES string of the molecule is Cc1cccc(Pc2ccccc2-c2ccccc2Pc2cccc(C)c2C)c1C. The zero-order valence-corrected chi connectivity index (χ0v) is 20.1. The first-order valence-corrected chi connectivity index (χ1v) is 12.4. The lowest BCUT2D eigenvalue weighted by molar-refractivity contribution is 1.37. The van der Waals surface area contributed by atoms with Crippen molar-refractivity contribution in [3.05, 3.63) is 107 Å². The quantitative estimate of drug-likeness (QED) is 0.352. The molecule has 0 spiro atoms. The highest BCUT2D eigenvalue weighted by molar-refractivity contribution is 7.56. The van der Waals surface area contributed by atoms with E-state index in [1.807, 2.05) is 0 Å². The van der Waals surface area contributed by atoms with Crippen LogP contribution in [0.15, 0.2) is 84.9 Å². The van der Waals surface area contributed by atoms with Crippen molar-refractivity contribution in [1.29, 1.82) is 0 Å². The lowest BCUT2D eigenvalue weighted by Gasteiger charge is -2.17. The largest absolute Gasteiger partial charge is 0.0616 e. The Kier molecular flexibility index (Phi) is 6.48. The van der Waals surface area contributed by atoms with Crippen LogP contribution in [0.3, 0.4) is 0 Å². The lowest BCUT2D eigenvalue weighted by Crippen LogP contribution is -2.14. The Labute approximate surface area is 184 Å². The molecule has 4 aromatic rings. The molecule has 2 unspecified atom stereocenters. The van der Waals surface area contributed by atoms with E-state index in [2.05, 4.69) is 113 Å². The monoisotopic (exact) mass is 426 g/mol. The van der Waals surface area contributed by atoms with Crippen LogP contribution in [-0.4, -0.2) is 0 Å². The molecular formula is C28H28P2. The van der Waals surface area contributed by atoms with E-state index in [9.17, 15) is 0 Å². The summed E-state index contributed by atoms with van der Waals surface area (Å²) < 4.78 is 0. The Bertz CT molecular complexity index is 1100. The van der Waals surface area contributed by atoms with Crippen LogP contribution in [0.1, 0.15) is 22.3 Å². The predicted octanol–water partition coefficient (Wildman–Crippen LogP) is 5.85. The molecule has 0 N–H and O–H groups in total. The minimum atomic E-state index is 0.659. The molecule has 0 bridgehead atoms. The highest BCUT2D eigenvalue weighted by Gasteiger charge is 2.12. The van der Waals surface area contributed by atoms with Crippen molar-refractivity contribution in [1.82, 2.24) is 0 Å². The predicted molar refractivity (Wildman–Crippen MR) is 139 cm³/mol. The molecule has 150 valence electrons. The van der Waals surface area contributed by atoms with Crippen molar-refractivity contribution in [2.75, 3.05) is 0 Å². The van der Waals surface area contributed by atoms with Gasteiger partial charge in [-0.15, -0.1) is 0 Å². The summed E-state index contributed by atoms with van der Waals surface area (Å²) in [5.41, 5.74) is 8.30. The van der Waals surface area contributed by atoms with Crippen molar-refractivity contribution >= 4 is 38.4 Å². The average Bonchev–Trinajstić information content (AvgIpc) is 2.76. The second-order valence-electron chi connectivity index (χ2n) is 7.84. The van der Waals surface area contributed by atoms with E-state index in [4.69, 9.17) is 0 Å². The van der Waals surface area contributed by atoms with Gasteiger partial charge in [0.1, 0.15) is 0 Å². The first-order chi connectivity index (χ1) is 14.5. The Morgan fingerprint density at radius 3 is 1.20 bits per heavy atom. The van der Waals surface area contributed by atoms with Gasteiger partial charge >= 0.3 is 0 Å². The summed E-state index contributed by atoms with van der Waals surface area (Å²) >= 11 is 0. The number of hydrogen-bond donors (Lipinski definition) is 0. The second kappa shape index (κ2) is 9.26. The summed E-state index contributed by atoms with van der Waals surface area (Å²) in [5.74, 6) is 0. The fourth-order valence-corrected chi connectivity index (χ4v) is 6.49. The summed E-state index contributed by atoms with van der Waals surface area (Å²) in [7, 11) is 1.32. The number of hydrogen-bond acceptors (Lipinski definition) is 0. The Morgan fingerprint density at radius 2 is 0.767 bits per heavy atom. The molecule has 0 aliphatic heterocycles. The van der Waals surface area contributed by atoms with Gasteiger partial charge in [0, 0.05) is 0 Å². The van der Waals surface area contributed by atoms with Gasteiger partial charge < -0.3 is 0 Å². The van der Waals surface area contributed by atoms with E-state index >= 15 is 0 Å². The summed E-state index contributed by atoms with van der Waals surface area (Å²) in [5, 5.41) is 5.72. The molecule has 0 saturated carbocycles. The molecule has 0 fully saturated rings. The maximum absolute atomic E-state index is 2.30. The van der Waals surface area contributed by atoms with Gasteiger partial charge in [0.05, 0.1) is 0 Å². The van der Waals surface area contributed by atoms with Crippen molar-refractivity contribution in [3.63, 3.8) is 0 Å². The molecule has 4 aromatic carbocycles. The van der Waals surface area contributed by atoms with Crippen LogP contribution in [0.25, 0.3) is 11.1 Å². The van der Waals surface area contributed by atoms with E-state index in [0.29, 0.717) is 17.2 Å². The van der Waals surface area contributed by atoms with E-state index in [1.165, 1.54) is 54.6 Å². The third-order valence-corrected chi connectivity index (χ3v) is 8.92. The van der Waals surface area contributed by atoms with E-state index < -0.39 is 0 Å². The molecule has 0 nitrogen and oxygen atoms in total. The van der Waals surface area contributed by atoms with Gasteiger partial charge in [-0.3, -0.25) is 0 Å². The standard InChI is InChI=1S/C28H28P2/c1-19-11-9-17-25(21(19)3)29-27-15-7-5-13-23(27)24-14-6-8-16-28(24)30-26-18-10-12-20(2)22(26)4/h5-18,29-30H,1-4H3. The maximum Gasteiger partial charge on any atom is -0.00999 e. The van der Waals surface area contributed by atoms with Crippen molar-refractivity contribution < 1.29 is 0 Å². The smallest absolute Gasteiger partial charge is 0.00999 e. The number of aryl methyl sites for hydroxylation is 2. The topological polar surface area (TPSA) is 0 Å². The zero-order valence-electron chi connectivity index (χ0n) is 18.1. The summed E-state index contributed by atoms with van der Waals surface area (Å²) in [6.45, 7) is 8.90. The maximum atomic E-state index is 2.30. The molecule has 4 rings (SSSR count). The molecule has 2 atom stereocenters. The van der Waals surface area contributed by atoms with E-state index in [-0.39, 0.29) is 0 Å². The van der Waals surface area contributed by atoms with Crippen molar-refractivity contribution in [3.8, 4) is 11.1 Å². The van der Waals surface area contributed by atoms with Gasteiger partial charge in [-0.2, -0.15) is 0 Å². The third kappa shape index (κ3) is 4.41. The normalized spacial score (nSPS) is 11.7. The van der Waals surface area contributed by atoms with Crippen LogP contribution < -0.4 is 21.2 Å². The lowest BCUT2D eigenvalue weighted by atomic mass is 10.1.